The standard InChI is InChI=1S/C16H22N2O.ClH/c1-17(2)10-11-8-9-14-15(16(11)19)12-6-4-5-7-13(12)18(14)3;/h4-7,11,14-15H,8-10H2,1-3H3;1H. The first kappa shape index (κ1) is 15.3. The summed E-state index contributed by atoms with van der Waals surface area (Å²) in [6, 6.07) is 8.77. The molecule has 3 atom stereocenters. The Hall–Kier alpha value is -1.06. The summed E-state index contributed by atoms with van der Waals surface area (Å²) >= 11 is 0. The monoisotopic (exact) mass is 294 g/mol. The van der Waals surface area contributed by atoms with Gasteiger partial charge < -0.3 is 9.80 Å². The number of halogens is 1. The van der Waals surface area contributed by atoms with Crippen LogP contribution in [0.4, 0.5) is 5.69 Å². The normalized spacial score (nSPS) is 28.1. The van der Waals surface area contributed by atoms with E-state index in [1.807, 2.05) is 14.1 Å². The van der Waals surface area contributed by atoms with Gasteiger partial charge in [0, 0.05) is 31.2 Å². The number of ketones is 1. The van der Waals surface area contributed by atoms with E-state index in [0.29, 0.717) is 11.8 Å². The van der Waals surface area contributed by atoms with Gasteiger partial charge in [-0.1, -0.05) is 18.2 Å². The molecule has 1 aliphatic heterocycles. The van der Waals surface area contributed by atoms with Gasteiger partial charge in [0.15, 0.2) is 0 Å². The molecular formula is C16H23ClN2O. The largest absolute Gasteiger partial charge is 0.370 e. The van der Waals surface area contributed by atoms with Gasteiger partial charge >= 0.3 is 0 Å². The van der Waals surface area contributed by atoms with Crippen molar-refractivity contribution >= 4 is 23.9 Å². The van der Waals surface area contributed by atoms with E-state index in [9.17, 15) is 4.79 Å². The molecule has 20 heavy (non-hydrogen) atoms. The van der Waals surface area contributed by atoms with E-state index in [-0.39, 0.29) is 24.2 Å². The van der Waals surface area contributed by atoms with E-state index in [2.05, 4.69) is 41.1 Å². The highest BCUT2D eigenvalue weighted by Crippen LogP contribution is 2.46. The van der Waals surface area contributed by atoms with Crippen molar-refractivity contribution in [1.29, 1.82) is 0 Å². The van der Waals surface area contributed by atoms with Crippen molar-refractivity contribution in [2.24, 2.45) is 5.92 Å². The summed E-state index contributed by atoms with van der Waals surface area (Å²) < 4.78 is 0. The third-order valence-corrected chi connectivity index (χ3v) is 4.64. The van der Waals surface area contributed by atoms with Crippen molar-refractivity contribution < 1.29 is 4.79 Å². The summed E-state index contributed by atoms with van der Waals surface area (Å²) in [5.74, 6) is 0.748. The molecule has 3 nitrogen and oxygen atoms in total. The van der Waals surface area contributed by atoms with Crippen LogP contribution >= 0.6 is 12.4 Å². The molecule has 2 aliphatic rings. The zero-order valence-corrected chi connectivity index (χ0v) is 13.2. The van der Waals surface area contributed by atoms with Crippen molar-refractivity contribution in [2.75, 3.05) is 32.6 Å². The highest BCUT2D eigenvalue weighted by molar-refractivity contribution is 5.93. The van der Waals surface area contributed by atoms with Gasteiger partial charge in [-0.2, -0.15) is 0 Å². The quantitative estimate of drug-likeness (QED) is 0.837. The minimum absolute atomic E-state index is 0. The molecule has 0 saturated heterocycles. The Morgan fingerprint density at radius 1 is 1.25 bits per heavy atom. The number of anilines is 1. The SMILES string of the molecule is CN(C)CC1CCC2C(C1=O)c1ccccc1N2C.Cl. The van der Waals surface area contributed by atoms with Crippen LogP contribution in [0.15, 0.2) is 24.3 Å². The lowest BCUT2D eigenvalue weighted by molar-refractivity contribution is -0.127. The van der Waals surface area contributed by atoms with Gasteiger partial charge in [-0.3, -0.25) is 4.79 Å². The zero-order chi connectivity index (χ0) is 13.6. The van der Waals surface area contributed by atoms with Gasteiger partial charge in [0.05, 0.1) is 5.92 Å². The fourth-order valence-corrected chi connectivity index (χ4v) is 3.77. The highest BCUT2D eigenvalue weighted by Gasteiger charge is 2.46. The fourth-order valence-electron chi connectivity index (χ4n) is 3.77. The van der Waals surface area contributed by atoms with E-state index in [1.165, 1.54) is 11.3 Å². The molecule has 0 N–H and O–H groups in total. The number of para-hydroxylation sites is 1. The summed E-state index contributed by atoms with van der Waals surface area (Å²) in [4.78, 5) is 17.2. The first-order valence-electron chi connectivity index (χ1n) is 7.10. The van der Waals surface area contributed by atoms with Crippen molar-refractivity contribution in [2.45, 2.75) is 24.8 Å². The lowest BCUT2D eigenvalue weighted by Crippen LogP contribution is -2.43. The van der Waals surface area contributed by atoms with Gasteiger partial charge in [-0.05, 0) is 38.6 Å². The van der Waals surface area contributed by atoms with Gasteiger partial charge in [-0.15, -0.1) is 12.4 Å². The van der Waals surface area contributed by atoms with Gasteiger partial charge in [0.1, 0.15) is 5.78 Å². The van der Waals surface area contributed by atoms with Crippen molar-refractivity contribution in [3.8, 4) is 0 Å². The Balaban J connectivity index is 0.00000147. The molecule has 3 unspecified atom stereocenters. The molecule has 3 rings (SSSR count). The van der Waals surface area contributed by atoms with Crippen LogP contribution in [0.2, 0.25) is 0 Å². The number of hydrogen-bond acceptors (Lipinski definition) is 3. The third kappa shape index (κ3) is 2.33. The maximum atomic E-state index is 12.8. The van der Waals surface area contributed by atoms with Gasteiger partial charge in [-0.25, -0.2) is 0 Å². The van der Waals surface area contributed by atoms with Crippen molar-refractivity contribution in [1.82, 2.24) is 4.90 Å². The summed E-state index contributed by atoms with van der Waals surface area (Å²) in [6.07, 6.45) is 2.15. The van der Waals surface area contributed by atoms with E-state index in [0.717, 1.165) is 19.4 Å². The predicted octanol–water partition coefficient (Wildman–Crippen LogP) is 2.55. The van der Waals surface area contributed by atoms with Crippen molar-refractivity contribution in [3.63, 3.8) is 0 Å². The molecule has 1 fully saturated rings. The lowest BCUT2D eigenvalue weighted by Gasteiger charge is -2.35. The number of benzene rings is 1. The minimum Gasteiger partial charge on any atom is -0.370 e. The predicted molar refractivity (Wildman–Crippen MR) is 84.9 cm³/mol. The van der Waals surface area contributed by atoms with Gasteiger partial charge in [0.2, 0.25) is 0 Å². The van der Waals surface area contributed by atoms with E-state index in [4.69, 9.17) is 0 Å². The average molecular weight is 295 g/mol. The molecule has 4 heteroatoms. The number of Topliss-reactive ketones (excluding diaryl/α,β-unsaturated/α-hetero) is 1. The van der Waals surface area contributed by atoms with Crippen LogP contribution in [0, 0.1) is 5.92 Å². The Kier molecular flexibility index (Phi) is 4.40. The van der Waals surface area contributed by atoms with Crippen LogP contribution in [0.3, 0.4) is 0 Å². The smallest absolute Gasteiger partial charge is 0.146 e. The van der Waals surface area contributed by atoms with Crippen LogP contribution in [0.25, 0.3) is 0 Å². The molecule has 0 bridgehead atoms. The number of fused-ring (bicyclic) bond motifs is 3. The first-order chi connectivity index (χ1) is 9.09. The molecule has 0 spiro atoms. The summed E-state index contributed by atoms with van der Waals surface area (Å²) in [7, 11) is 6.23. The molecule has 1 saturated carbocycles. The van der Waals surface area contributed by atoms with Crippen LogP contribution in [-0.2, 0) is 4.79 Å². The van der Waals surface area contributed by atoms with E-state index in [1.54, 1.807) is 0 Å². The molecule has 1 aromatic carbocycles. The number of rotatable bonds is 2. The molecule has 0 aromatic heterocycles. The first-order valence-corrected chi connectivity index (χ1v) is 7.10. The average Bonchev–Trinajstić information content (AvgIpc) is 2.67. The maximum Gasteiger partial charge on any atom is 0.146 e. The Morgan fingerprint density at radius 2 is 1.95 bits per heavy atom. The fraction of sp³-hybridized carbons (Fsp3) is 0.562. The second-order valence-electron chi connectivity index (χ2n) is 6.15. The second kappa shape index (κ2) is 5.74. The summed E-state index contributed by atoms with van der Waals surface area (Å²) in [5.41, 5.74) is 2.49. The Labute approximate surface area is 127 Å². The van der Waals surface area contributed by atoms with Crippen LogP contribution in [0.5, 0.6) is 0 Å². The minimum atomic E-state index is 0. The lowest BCUT2D eigenvalue weighted by atomic mass is 9.75. The summed E-state index contributed by atoms with van der Waals surface area (Å²) in [6.45, 7) is 0.883. The number of hydrogen-bond donors (Lipinski definition) is 0. The Bertz CT molecular complexity index is 503. The molecule has 1 heterocycles. The van der Waals surface area contributed by atoms with Crippen LogP contribution < -0.4 is 4.90 Å². The molecular weight excluding hydrogens is 272 g/mol. The summed E-state index contributed by atoms with van der Waals surface area (Å²) in [5, 5.41) is 0. The molecule has 0 radical (unpaired) electrons. The van der Waals surface area contributed by atoms with Gasteiger partial charge in [0.25, 0.3) is 0 Å². The zero-order valence-electron chi connectivity index (χ0n) is 12.4. The van der Waals surface area contributed by atoms with E-state index >= 15 is 0 Å². The second-order valence-corrected chi connectivity index (χ2v) is 6.15. The maximum absolute atomic E-state index is 12.8. The molecule has 0 amide bonds. The molecule has 110 valence electrons. The number of carbonyl (C=O) groups is 1. The highest BCUT2D eigenvalue weighted by atomic mass is 35.5. The number of likely N-dealkylation sites (N-methyl/N-ethyl adjacent to an activating group) is 1. The van der Waals surface area contributed by atoms with Crippen LogP contribution in [-0.4, -0.2) is 44.4 Å². The Morgan fingerprint density at radius 3 is 2.65 bits per heavy atom. The third-order valence-electron chi connectivity index (χ3n) is 4.64. The topological polar surface area (TPSA) is 23.6 Å². The van der Waals surface area contributed by atoms with E-state index < -0.39 is 0 Å². The molecule has 1 aromatic rings. The molecule has 1 aliphatic carbocycles. The number of nitrogens with zero attached hydrogens (tertiary/aromatic N) is 2. The van der Waals surface area contributed by atoms with Crippen molar-refractivity contribution in [3.05, 3.63) is 29.8 Å². The number of carbonyl (C=O) groups excluding carboxylic acids is 1. The van der Waals surface area contributed by atoms with Crippen LogP contribution in [0.1, 0.15) is 24.3 Å².